The summed E-state index contributed by atoms with van der Waals surface area (Å²) in [5, 5.41) is 52.6. The molecule has 0 aromatic rings. The number of nitrogens with one attached hydrogen (secondary N) is 10. The number of carbonyl (C=O) groups excluding carboxylic acids is 13. The van der Waals surface area contributed by atoms with Gasteiger partial charge in [-0.05, 0) is 77.6 Å². The van der Waals surface area contributed by atoms with Crippen LogP contribution in [0.4, 0.5) is 0 Å². The Kier molecular flexibility index (Phi) is 35.6. The average molecular weight is 1340 g/mol. The number of carboxylic acid groups (broad SMARTS) is 3. The van der Waals surface area contributed by atoms with Crippen LogP contribution in [0.2, 0.25) is 0 Å². The summed E-state index contributed by atoms with van der Waals surface area (Å²) in [6.45, 7) is 8.81. The van der Waals surface area contributed by atoms with E-state index in [4.69, 9.17) is 11.5 Å². The fourth-order valence-electron chi connectivity index (χ4n) is 10.6. The number of amides is 13. The van der Waals surface area contributed by atoms with Gasteiger partial charge in [0.25, 0.3) is 0 Å². The van der Waals surface area contributed by atoms with Crippen LogP contribution >= 0.6 is 0 Å². The first kappa shape index (κ1) is 81.6. The van der Waals surface area contributed by atoms with Crippen molar-refractivity contribution in [3.05, 3.63) is 12.2 Å². The van der Waals surface area contributed by atoms with Gasteiger partial charge in [0.05, 0.1) is 44.3 Å². The van der Waals surface area contributed by atoms with Crippen molar-refractivity contribution in [2.75, 3.05) is 26.2 Å². The number of fused-ring (bicyclic) bond motifs is 2. The Morgan fingerprint density at radius 3 is 1.68 bits per heavy atom. The quantitative estimate of drug-likeness (QED) is 0.0263. The molecule has 17 N–H and O–H groups in total. The molecule has 34 heteroatoms. The maximum absolute atomic E-state index is 15.2. The van der Waals surface area contributed by atoms with Crippen LogP contribution in [-0.4, -0.2) is 250 Å². The molecule has 3 saturated heterocycles. The second kappa shape index (κ2) is 40.6. The van der Waals surface area contributed by atoms with Crippen molar-refractivity contribution in [2.45, 2.75) is 218 Å². The van der Waals surface area contributed by atoms with Crippen molar-refractivity contribution in [1.29, 1.82) is 0 Å². The topological polar surface area (TPSA) is 513 Å². The third kappa shape index (κ3) is 27.5. The fraction of sp³-hybridized carbons (Fsp3) is 0.695. The zero-order chi connectivity index (χ0) is 69.1. The van der Waals surface area contributed by atoms with Crippen LogP contribution in [0.3, 0.4) is 0 Å². The van der Waals surface area contributed by atoms with Crippen molar-refractivity contribution < 1.29 is 92.0 Å². The van der Waals surface area contributed by atoms with E-state index in [0.717, 1.165) is 50.3 Å². The van der Waals surface area contributed by atoms with Crippen LogP contribution in [0.25, 0.3) is 0 Å². The molecular formula is C59H94CaN14O19+2. The monoisotopic (exact) mass is 1340 g/mol. The van der Waals surface area contributed by atoms with E-state index in [2.05, 4.69) is 56.4 Å². The second-order valence-corrected chi connectivity index (χ2v) is 24.3. The summed E-state index contributed by atoms with van der Waals surface area (Å²) in [7, 11) is 0. The second-order valence-electron chi connectivity index (χ2n) is 24.3. The Bertz CT molecular complexity index is 2730. The minimum Gasteiger partial charge on any atom is -0.481 e. The normalized spacial score (nSPS) is 24.9. The summed E-state index contributed by atoms with van der Waals surface area (Å²) < 4.78 is 0. The summed E-state index contributed by atoms with van der Waals surface area (Å²) in [5.74, 6) is -21.1. The van der Waals surface area contributed by atoms with Crippen LogP contribution in [0, 0.1) is 17.8 Å². The molecule has 3 unspecified atom stereocenters. The molecule has 0 aromatic heterocycles. The molecule has 0 aliphatic carbocycles. The first-order valence-electron chi connectivity index (χ1n) is 31.2. The van der Waals surface area contributed by atoms with Crippen LogP contribution in [-0.2, 0) is 76.7 Å². The Hall–Kier alpha value is -7.52. The molecule has 0 aromatic carbocycles. The SMILES string of the molecule is CC(C)CCCCCCC/C=C\CC(=O)N[C@@H](CC(N)=O)C(=O)N[C@@H]1C(=O)N2CCCC[C@@H]2C(=O)N[C@@H](C(C)C(=O)O)C(=O)N[C@@H](CC(=O)O)C(=O)NCC(=O)N[C@@H](CC(=O)O)C(=O)NCC(=O)N[C@H](C(C)N)C(=O)N[C@@H](C(C)C)C(=O)N2CCC[C@H]2C(=O)NC1C.[Ca+2]. The van der Waals surface area contributed by atoms with Gasteiger partial charge in [0.15, 0.2) is 0 Å². The van der Waals surface area contributed by atoms with E-state index in [1.54, 1.807) is 19.9 Å². The molecule has 0 saturated carbocycles. The minimum atomic E-state index is -2.13. The third-order valence-corrected chi connectivity index (χ3v) is 15.8. The number of primary amides is 1. The van der Waals surface area contributed by atoms with E-state index in [1.807, 2.05) is 16.7 Å². The number of allylic oxidation sites excluding steroid dienone is 1. The minimum absolute atomic E-state index is 0. The Balaban J connectivity index is 0.0000295. The zero-order valence-corrected chi connectivity index (χ0v) is 56.2. The number of nitrogens with zero attached hydrogens (tertiary/aromatic N) is 2. The van der Waals surface area contributed by atoms with Gasteiger partial charge in [-0.3, -0.25) is 76.7 Å². The number of rotatable bonds is 23. The maximum Gasteiger partial charge on any atom is 2.00 e. The van der Waals surface area contributed by atoms with Gasteiger partial charge in [-0.15, -0.1) is 0 Å². The Morgan fingerprint density at radius 1 is 0.602 bits per heavy atom. The van der Waals surface area contributed by atoms with Gasteiger partial charge in [0.1, 0.15) is 54.4 Å². The molecule has 3 fully saturated rings. The predicted octanol–water partition coefficient (Wildman–Crippen LogP) is -4.00. The molecule has 0 radical (unpaired) electrons. The number of carbonyl (C=O) groups is 16. The van der Waals surface area contributed by atoms with Gasteiger partial charge in [-0.25, -0.2) is 0 Å². The van der Waals surface area contributed by atoms with Gasteiger partial charge in [-0.1, -0.05) is 72.0 Å². The summed E-state index contributed by atoms with van der Waals surface area (Å²) in [5.41, 5.74) is 11.7. The molecule has 3 aliphatic rings. The largest absolute Gasteiger partial charge is 2.00 e. The predicted molar refractivity (Wildman–Crippen MR) is 331 cm³/mol. The number of hydrogen-bond donors (Lipinski definition) is 15. The van der Waals surface area contributed by atoms with Crippen LogP contribution in [0.5, 0.6) is 0 Å². The molecular weight excluding hydrogens is 1250 g/mol. The number of carboxylic acids is 3. The van der Waals surface area contributed by atoms with Crippen molar-refractivity contribution in [2.24, 2.45) is 29.2 Å². The molecule has 514 valence electrons. The van der Waals surface area contributed by atoms with Gasteiger partial charge in [0, 0.05) is 25.6 Å². The van der Waals surface area contributed by atoms with Crippen LogP contribution < -0.4 is 64.6 Å². The standard InChI is InChI=1S/C59H94N14O19.Ca/c1-30(2)19-14-12-10-8-9-11-13-15-22-41(75)65-35(25-40(61)74)52(84)71-49-34(7)64-53(85)39-21-18-24-73(39)57(89)46(31(3)4)69-56(88)48(33(6)60)68-43(77)29-63-50(82)36(26-44(78)79)66-42(76)28-62-51(83)37(27-45(80)81)67-55(87)47(32(5)59(91)92)70-54(86)38-20-16-17-23-72(38)58(49)90;/h13,15,30-39,46-49H,8-12,14,16-29,60H2,1-7H3,(H2,61,74)(H,62,83)(H,63,82)(H,64,85)(H,65,75)(H,66,76)(H,67,87)(H,68,77)(H,69,88)(H,70,86)(H,71,84)(H,78,79)(H,80,81)(H,91,92);/q;+2/b15-13-;/t32?,33?,34?,35-,36-,37-,38+,39-,46-,47-,48+,49-;/m0./s1. The number of hydrogen-bond acceptors (Lipinski definition) is 17. The van der Waals surface area contributed by atoms with E-state index in [0.29, 0.717) is 12.3 Å². The molecule has 33 nitrogen and oxygen atoms in total. The van der Waals surface area contributed by atoms with Crippen molar-refractivity contribution in [3.8, 4) is 0 Å². The Morgan fingerprint density at radius 2 is 1.12 bits per heavy atom. The molecule has 3 aliphatic heterocycles. The average Bonchev–Trinajstić information content (AvgIpc) is 1.76. The van der Waals surface area contributed by atoms with Crippen LogP contribution in [0.1, 0.15) is 151 Å². The maximum atomic E-state index is 15.2. The molecule has 93 heavy (non-hydrogen) atoms. The summed E-state index contributed by atoms with van der Waals surface area (Å²) >= 11 is 0. The number of piperidine rings is 1. The number of aliphatic carboxylic acids is 3. The fourth-order valence-corrected chi connectivity index (χ4v) is 10.6. The Labute approximate surface area is 569 Å². The van der Waals surface area contributed by atoms with E-state index >= 15 is 4.79 Å². The smallest absolute Gasteiger partial charge is 0.481 e. The van der Waals surface area contributed by atoms with E-state index in [1.165, 1.54) is 18.7 Å². The molecule has 0 spiro atoms. The van der Waals surface area contributed by atoms with Gasteiger partial charge < -0.3 is 89.8 Å². The third-order valence-electron chi connectivity index (χ3n) is 15.8. The summed E-state index contributed by atoms with van der Waals surface area (Å²) in [6, 6.07) is -18.3. The number of nitrogens with two attached hydrogens (primary N) is 2. The first-order valence-corrected chi connectivity index (χ1v) is 31.2. The van der Waals surface area contributed by atoms with Crippen molar-refractivity contribution in [1.82, 2.24) is 63.0 Å². The molecule has 13 amide bonds. The number of unbranched alkanes of at least 4 members (excludes halogenated alkanes) is 5. The van der Waals surface area contributed by atoms with Crippen molar-refractivity contribution >= 4 is 132 Å². The molecule has 0 bridgehead atoms. The van der Waals surface area contributed by atoms with E-state index in [-0.39, 0.29) is 89.4 Å². The van der Waals surface area contributed by atoms with Crippen molar-refractivity contribution in [3.63, 3.8) is 0 Å². The van der Waals surface area contributed by atoms with Crippen LogP contribution in [0.15, 0.2) is 12.2 Å². The van der Waals surface area contributed by atoms with Gasteiger partial charge in [0.2, 0.25) is 76.8 Å². The molecule has 12 atom stereocenters. The van der Waals surface area contributed by atoms with Gasteiger partial charge >= 0.3 is 55.6 Å². The molecule has 3 heterocycles. The summed E-state index contributed by atoms with van der Waals surface area (Å²) in [6.07, 6.45) is 7.71. The zero-order valence-electron chi connectivity index (χ0n) is 54.0. The van der Waals surface area contributed by atoms with E-state index in [9.17, 15) is 87.2 Å². The summed E-state index contributed by atoms with van der Waals surface area (Å²) in [4.78, 5) is 219. The van der Waals surface area contributed by atoms with Gasteiger partial charge in [-0.2, -0.15) is 0 Å². The van der Waals surface area contributed by atoms with E-state index < -0.39 is 205 Å². The molecule has 3 rings (SSSR count). The first-order chi connectivity index (χ1) is 43.2.